The summed E-state index contributed by atoms with van der Waals surface area (Å²) >= 11 is 0. The number of amides is 4. The van der Waals surface area contributed by atoms with E-state index in [0.29, 0.717) is 38.2 Å². The Labute approximate surface area is 395 Å². The van der Waals surface area contributed by atoms with Crippen LogP contribution in [0.15, 0.2) is 66.7 Å². The lowest BCUT2D eigenvalue weighted by Crippen LogP contribution is -2.45. The zero-order chi connectivity index (χ0) is 49.9. The minimum absolute atomic E-state index is 0.00580. The number of anilines is 2. The molecule has 0 fully saturated rings. The molecule has 0 unspecified atom stereocenters. The van der Waals surface area contributed by atoms with E-state index in [1.807, 2.05) is 48.5 Å². The normalized spacial score (nSPS) is 13.3. The van der Waals surface area contributed by atoms with Crippen molar-refractivity contribution >= 4 is 47.3 Å². The average molecular weight is 931 g/mol. The summed E-state index contributed by atoms with van der Waals surface area (Å²) in [5, 5.41) is 9.63. The number of rotatable bonds is 13. The summed E-state index contributed by atoms with van der Waals surface area (Å²) in [5.41, 5.74) is 1.75. The van der Waals surface area contributed by atoms with Crippen molar-refractivity contribution < 1.29 is 57.6 Å². The van der Waals surface area contributed by atoms with Gasteiger partial charge in [0.15, 0.2) is 0 Å². The highest BCUT2D eigenvalue weighted by Crippen LogP contribution is 2.33. The fraction of sp³-hybridized carbons (Fsp3) is 0.529. The molecule has 67 heavy (non-hydrogen) atoms. The molecule has 0 saturated carbocycles. The predicted molar refractivity (Wildman–Crippen MR) is 254 cm³/mol. The van der Waals surface area contributed by atoms with E-state index >= 15 is 0 Å². The van der Waals surface area contributed by atoms with Gasteiger partial charge in [0.05, 0.1) is 12.8 Å². The topological polar surface area (TPSA) is 182 Å². The van der Waals surface area contributed by atoms with E-state index < -0.39 is 46.5 Å². The van der Waals surface area contributed by atoms with Gasteiger partial charge in [-0.3, -0.25) is 29.0 Å². The van der Waals surface area contributed by atoms with E-state index in [2.05, 4.69) is 0 Å². The first-order valence-electron chi connectivity index (χ1n) is 22.7. The van der Waals surface area contributed by atoms with Crippen molar-refractivity contribution in [2.45, 2.75) is 138 Å². The third kappa shape index (κ3) is 18.1. The zero-order valence-corrected chi connectivity index (χ0v) is 41.4. The molecule has 0 spiro atoms. The van der Waals surface area contributed by atoms with Crippen molar-refractivity contribution in [3.05, 3.63) is 83.4 Å². The van der Waals surface area contributed by atoms with Crippen LogP contribution in [0.2, 0.25) is 0 Å². The molecular weight excluding hydrogens is 861 g/mol. The van der Waals surface area contributed by atoms with Crippen LogP contribution in [0.3, 0.4) is 0 Å². The van der Waals surface area contributed by atoms with E-state index in [0.717, 1.165) is 28.1 Å². The van der Waals surface area contributed by atoms with Gasteiger partial charge in [0.25, 0.3) is 0 Å². The average Bonchev–Trinajstić information content (AvgIpc) is 3.82. The molecule has 0 atom stereocenters. The molecule has 2 aliphatic rings. The van der Waals surface area contributed by atoms with Gasteiger partial charge >= 0.3 is 24.1 Å². The summed E-state index contributed by atoms with van der Waals surface area (Å²) in [6.07, 6.45) is -0.0807. The van der Waals surface area contributed by atoms with Crippen LogP contribution in [0.4, 0.5) is 21.0 Å². The number of phenols is 1. The molecule has 0 bridgehead atoms. The zero-order valence-electron chi connectivity index (χ0n) is 41.4. The van der Waals surface area contributed by atoms with Crippen LogP contribution in [0.1, 0.15) is 113 Å². The third-order valence-corrected chi connectivity index (χ3v) is 9.72. The maximum atomic E-state index is 13.3. The van der Waals surface area contributed by atoms with Crippen molar-refractivity contribution in [3.63, 3.8) is 0 Å². The summed E-state index contributed by atoms with van der Waals surface area (Å²) in [5.74, 6) is -0.532. The molecule has 366 valence electrons. The largest absolute Gasteiger partial charge is 0.508 e. The first-order valence-corrected chi connectivity index (χ1v) is 22.7. The highest BCUT2D eigenvalue weighted by molar-refractivity contribution is 5.99. The lowest BCUT2D eigenvalue weighted by molar-refractivity contribution is -0.156. The number of carbonyl (C=O) groups excluding carboxylic acids is 6. The van der Waals surface area contributed by atoms with Crippen LogP contribution in [-0.2, 0) is 57.6 Å². The molecule has 0 aliphatic carbocycles. The van der Waals surface area contributed by atoms with Gasteiger partial charge in [-0.2, -0.15) is 0 Å². The second-order valence-electron chi connectivity index (χ2n) is 20.4. The van der Waals surface area contributed by atoms with Crippen molar-refractivity contribution in [3.8, 4) is 11.5 Å². The Bertz CT molecular complexity index is 2220. The monoisotopic (exact) mass is 930 g/mol. The smallest absolute Gasteiger partial charge is 0.410 e. The van der Waals surface area contributed by atoms with Crippen LogP contribution in [-0.4, -0.2) is 113 Å². The van der Waals surface area contributed by atoms with Crippen LogP contribution < -0.4 is 14.5 Å². The van der Waals surface area contributed by atoms with Crippen LogP contribution in [0.5, 0.6) is 11.5 Å². The standard InChI is InChI=1S/C29H38N2O6.C22H32N2O6/c1-28(2,3)36-26(33)15-16-30(27(34)37-29(4,5)6)19-25(32)31-17-14-22-18-23(12-13-24(22)31)35-20-21-10-8-7-9-11-21;1-21(2,3)29-19(27)10-11-23(20(28)30-22(4,5)6)14-18(26)24-12-9-15-13-16(25)7-8-17(15)24/h7-13,18H,14-17,19-20H2,1-6H3;7-8,13,25H,9-12,14H2,1-6H3. The fourth-order valence-electron chi connectivity index (χ4n) is 6.97. The highest BCUT2D eigenvalue weighted by atomic mass is 16.6. The number of benzene rings is 3. The van der Waals surface area contributed by atoms with Gasteiger partial charge in [-0.1, -0.05) is 30.3 Å². The van der Waals surface area contributed by atoms with Gasteiger partial charge in [0.2, 0.25) is 11.8 Å². The molecule has 0 saturated heterocycles. The summed E-state index contributed by atoms with van der Waals surface area (Å²) in [7, 11) is 0. The number of nitrogens with zero attached hydrogens (tertiary/aromatic N) is 4. The molecule has 4 amide bonds. The third-order valence-electron chi connectivity index (χ3n) is 9.72. The number of hydrogen-bond donors (Lipinski definition) is 1. The van der Waals surface area contributed by atoms with Crippen molar-refractivity contribution in [2.24, 2.45) is 0 Å². The van der Waals surface area contributed by atoms with Gasteiger partial charge in [0, 0.05) is 37.6 Å². The van der Waals surface area contributed by atoms with Crippen molar-refractivity contribution in [1.29, 1.82) is 0 Å². The van der Waals surface area contributed by atoms with Gasteiger partial charge in [-0.25, -0.2) is 9.59 Å². The Morgan fingerprint density at radius 3 is 1.40 bits per heavy atom. The molecule has 16 heteroatoms. The van der Waals surface area contributed by atoms with Gasteiger partial charge < -0.3 is 38.6 Å². The summed E-state index contributed by atoms with van der Waals surface area (Å²) in [6, 6.07) is 20.5. The molecule has 0 radical (unpaired) electrons. The Kier molecular flexibility index (Phi) is 17.9. The van der Waals surface area contributed by atoms with Crippen molar-refractivity contribution in [1.82, 2.24) is 9.80 Å². The van der Waals surface area contributed by atoms with E-state index in [9.17, 15) is 33.9 Å². The second-order valence-corrected chi connectivity index (χ2v) is 20.4. The maximum Gasteiger partial charge on any atom is 0.410 e. The molecular formula is C51H70N4O12. The SMILES string of the molecule is CC(C)(C)OC(=O)CCN(CC(=O)N1CCc2cc(O)ccc21)C(=O)OC(C)(C)C.CC(C)(C)OC(=O)CCN(CC(=O)N1CCc2cc(OCc3ccccc3)ccc21)C(=O)OC(C)(C)C. The van der Waals surface area contributed by atoms with E-state index in [-0.39, 0.29) is 56.6 Å². The number of fused-ring (bicyclic) bond motifs is 2. The number of carbonyl (C=O) groups is 6. The number of phenolic OH excluding ortho intramolecular Hbond substituents is 1. The Balaban J connectivity index is 0.000000299. The molecule has 2 heterocycles. The summed E-state index contributed by atoms with van der Waals surface area (Å²) in [6.45, 7) is 22.2. The minimum Gasteiger partial charge on any atom is -0.508 e. The summed E-state index contributed by atoms with van der Waals surface area (Å²) < 4.78 is 27.5. The second kappa shape index (κ2) is 22.4. The molecule has 1 N–H and O–H groups in total. The number of aromatic hydroxyl groups is 1. The molecule has 16 nitrogen and oxygen atoms in total. The maximum absolute atomic E-state index is 13.3. The minimum atomic E-state index is -0.735. The Morgan fingerprint density at radius 1 is 0.552 bits per heavy atom. The number of hydrogen-bond acceptors (Lipinski definition) is 12. The molecule has 3 aromatic rings. The van der Waals surface area contributed by atoms with Crippen LogP contribution in [0.25, 0.3) is 0 Å². The van der Waals surface area contributed by atoms with Crippen molar-refractivity contribution in [2.75, 3.05) is 49.1 Å². The Hall–Kier alpha value is -6.32. The van der Waals surface area contributed by atoms with Crippen LogP contribution >= 0.6 is 0 Å². The number of ether oxygens (including phenoxy) is 5. The number of esters is 2. The molecule has 0 aromatic heterocycles. The predicted octanol–water partition coefficient (Wildman–Crippen LogP) is 8.37. The lowest BCUT2D eigenvalue weighted by Gasteiger charge is -2.29. The quantitative estimate of drug-likeness (QED) is 0.128. The highest BCUT2D eigenvalue weighted by Gasteiger charge is 2.32. The first-order chi connectivity index (χ1) is 31.1. The lowest BCUT2D eigenvalue weighted by atomic mass is 10.1. The molecule has 2 aliphatic heterocycles. The van der Waals surface area contributed by atoms with Gasteiger partial charge in [-0.15, -0.1) is 0 Å². The summed E-state index contributed by atoms with van der Waals surface area (Å²) in [4.78, 5) is 81.8. The van der Waals surface area contributed by atoms with Gasteiger partial charge in [-0.05, 0) is 149 Å². The first kappa shape index (κ1) is 53.3. The van der Waals surface area contributed by atoms with E-state index in [1.54, 1.807) is 105 Å². The Morgan fingerprint density at radius 2 is 0.970 bits per heavy atom. The fourth-order valence-corrected chi connectivity index (χ4v) is 6.97. The molecule has 5 rings (SSSR count). The van der Waals surface area contributed by atoms with E-state index in [1.165, 1.54) is 15.9 Å². The van der Waals surface area contributed by atoms with Gasteiger partial charge in [0.1, 0.15) is 53.6 Å². The van der Waals surface area contributed by atoms with Crippen LogP contribution in [0, 0.1) is 0 Å². The van der Waals surface area contributed by atoms with E-state index in [4.69, 9.17) is 23.7 Å². The molecule has 3 aromatic carbocycles.